The van der Waals surface area contributed by atoms with Gasteiger partial charge in [-0.25, -0.2) is 4.98 Å². The minimum atomic E-state index is 0.549. The van der Waals surface area contributed by atoms with Gasteiger partial charge < -0.3 is 0 Å². The van der Waals surface area contributed by atoms with Crippen molar-refractivity contribution in [2.75, 3.05) is 0 Å². The number of fused-ring (bicyclic) bond motifs is 1. The molecule has 0 bridgehead atoms. The predicted octanol–water partition coefficient (Wildman–Crippen LogP) is 5.46. The average Bonchev–Trinajstić information content (AvgIpc) is 2.81. The Balaban J connectivity index is 2.07. The van der Waals surface area contributed by atoms with Crippen molar-refractivity contribution in [1.82, 2.24) is 4.98 Å². The third-order valence-corrected chi connectivity index (χ3v) is 4.59. The van der Waals surface area contributed by atoms with Crippen LogP contribution in [-0.2, 0) is 5.88 Å². The van der Waals surface area contributed by atoms with Crippen molar-refractivity contribution in [3.8, 4) is 10.6 Å². The Morgan fingerprint density at radius 3 is 2.61 bits per heavy atom. The smallest absolute Gasteiger partial charge is 0.124 e. The van der Waals surface area contributed by atoms with E-state index in [0.29, 0.717) is 5.88 Å². The summed E-state index contributed by atoms with van der Waals surface area (Å²) < 4.78 is 2.26. The van der Waals surface area contributed by atoms with Gasteiger partial charge in [0.15, 0.2) is 0 Å². The molecule has 0 radical (unpaired) electrons. The Morgan fingerprint density at radius 2 is 1.89 bits per heavy atom. The molecule has 1 nitrogen and oxygen atoms in total. The van der Waals surface area contributed by atoms with Crippen molar-refractivity contribution in [3.05, 3.63) is 52.5 Å². The number of halogens is 2. The van der Waals surface area contributed by atoms with Crippen LogP contribution in [-0.4, -0.2) is 4.98 Å². The van der Waals surface area contributed by atoms with E-state index in [2.05, 4.69) is 39.1 Å². The number of aromatic nitrogens is 1. The molecule has 3 aromatic rings. The maximum absolute atomic E-state index is 5.79. The van der Waals surface area contributed by atoms with Gasteiger partial charge >= 0.3 is 0 Å². The summed E-state index contributed by atoms with van der Waals surface area (Å²) in [7, 11) is 0. The molecule has 0 aliphatic heterocycles. The van der Waals surface area contributed by atoms with Crippen LogP contribution in [0.4, 0.5) is 0 Å². The Bertz CT molecular complexity index is 691. The molecule has 1 heterocycles. The third kappa shape index (κ3) is 2.30. The number of thiazole rings is 1. The number of benzene rings is 2. The van der Waals surface area contributed by atoms with Gasteiger partial charge in [-0.1, -0.05) is 40.2 Å². The summed E-state index contributed by atoms with van der Waals surface area (Å²) in [6.45, 7) is 0. The summed E-state index contributed by atoms with van der Waals surface area (Å²) in [5.41, 5.74) is 3.30. The van der Waals surface area contributed by atoms with Gasteiger partial charge in [0.1, 0.15) is 5.01 Å². The summed E-state index contributed by atoms with van der Waals surface area (Å²) in [5.74, 6) is 0.549. The highest BCUT2D eigenvalue weighted by atomic mass is 79.9. The number of hydrogen-bond acceptors (Lipinski definition) is 2. The largest absolute Gasteiger partial charge is 0.236 e. The van der Waals surface area contributed by atoms with Crippen LogP contribution in [0.5, 0.6) is 0 Å². The quantitative estimate of drug-likeness (QED) is 0.565. The first-order valence-corrected chi connectivity index (χ1v) is 7.62. The van der Waals surface area contributed by atoms with Gasteiger partial charge in [0.05, 0.1) is 10.2 Å². The molecule has 0 atom stereocenters. The van der Waals surface area contributed by atoms with Crippen LogP contribution in [0, 0.1) is 0 Å². The van der Waals surface area contributed by atoms with Crippen LogP contribution in [0.15, 0.2) is 46.9 Å². The standard InChI is InChI=1S/C14H9BrClNS/c15-11-5-6-13-12(7-11)17-14(18-13)10-3-1-9(8-16)2-4-10/h1-7H,8H2. The first-order chi connectivity index (χ1) is 8.76. The molecule has 3 rings (SSSR count). The van der Waals surface area contributed by atoms with Crippen molar-refractivity contribution in [1.29, 1.82) is 0 Å². The minimum absolute atomic E-state index is 0.549. The maximum atomic E-state index is 5.79. The van der Waals surface area contributed by atoms with Gasteiger partial charge in [-0.2, -0.15) is 0 Å². The topological polar surface area (TPSA) is 12.9 Å². The zero-order valence-corrected chi connectivity index (χ0v) is 12.5. The lowest BCUT2D eigenvalue weighted by Gasteiger charge is -1.97. The van der Waals surface area contributed by atoms with Crippen molar-refractivity contribution >= 4 is 49.1 Å². The fourth-order valence-corrected chi connectivity index (χ4v) is 3.24. The van der Waals surface area contributed by atoms with Gasteiger partial charge in [-0.15, -0.1) is 22.9 Å². The molecule has 0 unspecified atom stereocenters. The van der Waals surface area contributed by atoms with Crippen LogP contribution < -0.4 is 0 Å². The Labute approximate surface area is 123 Å². The first-order valence-electron chi connectivity index (χ1n) is 5.47. The van der Waals surface area contributed by atoms with Crippen molar-refractivity contribution in [2.45, 2.75) is 5.88 Å². The zero-order chi connectivity index (χ0) is 12.5. The van der Waals surface area contributed by atoms with Crippen molar-refractivity contribution < 1.29 is 0 Å². The molecule has 0 saturated carbocycles. The number of alkyl halides is 1. The molecule has 90 valence electrons. The summed E-state index contributed by atoms with van der Waals surface area (Å²) in [6.07, 6.45) is 0. The van der Waals surface area contributed by atoms with E-state index in [1.165, 1.54) is 4.70 Å². The summed E-state index contributed by atoms with van der Waals surface area (Å²) in [4.78, 5) is 4.65. The lowest BCUT2D eigenvalue weighted by molar-refractivity contribution is 1.39. The second-order valence-corrected chi connectivity index (χ2v) is 6.18. The van der Waals surface area contributed by atoms with E-state index >= 15 is 0 Å². The molecule has 2 aromatic carbocycles. The van der Waals surface area contributed by atoms with Gasteiger partial charge in [0, 0.05) is 15.9 Å². The van der Waals surface area contributed by atoms with Gasteiger partial charge in [-0.05, 0) is 23.8 Å². The fourth-order valence-electron chi connectivity index (χ4n) is 1.76. The van der Waals surface area contributed by atoms with E-state index in [0.717, 1.165) is 26.1 Å². The number of rotatable bonds is 2. The van der Waals surface area contributed by atoms with E-state index in [4.69, 9.17) is 11.6 Å². The molecule has 0 aliphatic rings. The van der Waals surface area contributed by atoms with Crippen LogP contribution in [0.2, 0.25) is 0 Å². The van der Waals surface area contributed by atoms with Gasteiger partial charge in [0.25, 0.3) is 0 Å². The van der Waals surface area contributed by atoms with Gasteiger partial charge in [-0.3, -0.25) is 0 Å². The average molecular weight is 339 g/mol. The maximum Gasteiger partial charge on any atom is 0.124 e. The van der Waals surface area contributed by atoms with Crippen LogP contribution >= 0.6 is 38.9 Å². The van der Waals surface area contributed by atoms with Crippen molar-refractivity contribution in [3.63, 3.8) is 0 Å². The first kappa shape index (κ1) is 12.2. The monoisotopic (exact) mass is 337 g/mol. The SMILES string of the molecule is ClCc1ccc(-c2nc3cc(Br)ccc3s2)cc1. The molecule has 0 fully saturated rings. The highest BCUT2D eigenvalue weighted by Crippen LogP contribution is 2.31. The van der Waals surface area contributed by atoms with E-state index in [-0.39, 0.29) is 0 Å². The fraction of sp³-hybridized carbons (Fsp3) is 0.0714. The lowest BCUT2D eigenvalue weighted by atomic mass is 10.2. The predicted molar refractivity (Wildman–Crippen MR) is 82.3 cm³/mol. The second-order valence-electron chi connectivity index (χ2n) is 3.96. The van der Waals surface area contributed by atoms with E-state index < -0.39 is 0 Å². The van der Waals surface area contributed by atoms with Crippen molar-refractivity contribution in [2.24, 2.45) is 0 Å². The van der Waals surface area contributed by atoms with Crippen LogP contribution in [0.1, 0.15) is 5.56 Å². The second kappa shape index (κ2) is 5.00. The normalized spacial score (nSPS) is 11.0. The molecule has 0 saturated heterocycles. The zero-order valence-electron chi connectivity index (χ0n) is 9.36. The summed E-state index contributed by atoms with van der Waals surface area (Å²) in [6, 6.07) is 14.4. The van der Waals surface area contributed by atoms with Crippen LogP contribution in [0.3, 0.4) is 0 Å². The number of nitrogens with zero attached hydrogens (tertiary/aromatic N) is 1. The molecule has 18 heavy (non-hydrogen) atoms. The van der Waals surface area contributed by atoms with E-state index in [9.17, 15) is 0 Å². The molecular formula is C14H9BrClNS. The minimum Gasteiger partial charge on any atom is -0.236 e. The Morgan fingerprint density at radius 1 is 1.11 bits per heavy atom. The summed E-state index contributed by atoms with van der Waals surface area (Å²) >= 11 is 11.0. The molecule has 4 heteroatoms. The summed E-state index contributed by atoms with van der Waals surface area (Å²) in [5, 5.41) is 1.05. The molecule has 0 aliphatic carbocycles. The highest BCUT2D eigenvalue weighted by molar-refractivity contribution is 9.10. The molecule has 0 N–H and O–H groups in total. The third-order valence-electron chi connectivity index (χ3n) is 2.70. The molecule has 0 spiro atoms. The highest BCUT2D eigenvalue weighted by Gasteiger charge is 2.06. The molecule has 1 aromatic heterocycles. The molecular weight excluding hydrogens is 330 g/mol. The van der Waals surface area contributed by atoms with E-state index in [1.807, 2.05) is 24.3 Å². The van der Waals surface area contributed by atoms with Crippen LogP contribution in [0.25, 0.3) is 20.8 Å². The van der Waals surface area contributed by atoms with Gasteiger partial charge in [0.2, 0.25) is 0 Å². The Kier molecular flexibility index (Phi) is 3.37. The molecule has 0 amide bonds. The van der Waals surface area contributed by atoms with E-state index in [1.54, 1.807) is 11.3 Å². The lowest BCUT2D eigenvalue weighted by Crippen LogP contribution is -1.79. The number of hydrogen-bond donors (Lipinski definition) is 0. The Hall–Kier alpha value is -0.900.